The summed E-state index contributed by atoms with van der Waals surface area (Å²) in [6.45, 7) is 4.63. The topological polar surface area (TPSA) is 61.8 Å². The van der Waals surface area contributed by atoms with E-state index in [0.29, 0.717) is 19.6 Å². The lowest BCUT2D eigenvalue weighted by molar-refractivity contribution is -0.127. The number of ether oxygens (including phenoxy) is 1. The summed E-state index contributed by atoms with van der Waals surface area (Å²) >= 11 is 1.78. The minimum absolute atomic E-state index is 0.0414. The number of carbonyl (C=O) groups is 1. The smallest absolute Gasteiger partial charge is 0.246 e. The van der Waals surface area contributed by atoms with Gasteiger partial charge in [0.05, 0.1) is 6.10 Å². The monoisotopic (exact) mass is 374 g/mol. The van der Waals surface area contributed by atoms with Crippen LogP contribution in [0.2, 0.25) is 0 Å². The van der Waals surface area contributed by atoms with Gasteiger partial charge in [-0.15, -0.1) is 11.3 Å². The van der Waals surface area contributed by atoms with Crippen LogP contribution in [0.15, 0.2) is 42.5 Å². The molecule has 1 fully saturated rings. The molecule has 0 unspecified atom stereocenters. The summed E-state index contributed by atoms with van der Waals surface area (Å²) in [5, 5.41) is 13.1. The maximum atomic E-state index is 11.9. The Kier molecular flexibility index (Phi) is 6.80. The van der Waals surface area contributed by atoms with Crippen molar-refractivity contribution in [1.29, 1.82) is 0 Å². The molecule has 26 heavy (non-hydrogen) atoms. The number of nitrogens with one attached hydrogen (secondary N) is 1. The zero-order valence-corrected chi connectivity index (χ0v) is 15.9. The molecule has 140 valence electrons. The van der Waals surface area contributed by atoms with Crippen molar-refractivity contribution >= 4 is 17.2 Å². The fourth-order valence-corrected chi connectivity index (χ4v) is 4.36. The number of rotatable bonds is 7. The molecule has 1 aromatic carbocycles. The van der Waals surface area contributed by atoms with E-state index in [9.17, 15) is 9.90 Å². The second-order valence-electron chi connectivity index (χ2n) is 6.62. The number of carbonyl (C=O) groups excluding carboxylic acids is 1. The summed E-state index contributed by atoms with van der Waals surface area (Å²) in [5.74, 6) is -0.117. The van der Waals surface area contributed by atoms with Crippen LogP contribution < -0.4 is 5.32 Å². The highest BCUT2D eigenvalue weighted by atomic mass is 32.1. The van der Waals surface area contributed by atoms with Gasteiger partial charge < -0.3 is 15.2 Å². The Morgan fingerprint density at radius 3 is 2.85 bits per heavy atom. The van der Waals surface area contributed by atoms with Crippen LogP contribution in [0.1, 0.15) is 18.2 Å². The maximum absolute atomic E-state index is 11.9. The second kappa shape index (κ2) is 9.28. The lowest BCUT2D eigenvalue weighted by atomic mass is 10.0. The number of β-amino-alcohol motifs (C(OH)–C–C–N with tert-alkyl or cyclic N) is 1. The number of nitrogens with zero attached hydrogens (tertiary/aromatic N) is 1. The molecule has 2 aromatic rings. The van der Waals surface area contributed by atoms with E-state index in [-0.39, 0.29) is 18.6 Å². The third-order valence-corrected chi connectivity index (χ3v) is 5.52. The van der Waals surface area contributed by atoms with Gasteiger partial charge in [0.15, 0.2) is 0 Å². The molecule has 6 heteroatoms. The molecule has 1 aliphatic heterocycles. The zero-order valence-electron chi connectivity index (χ0n) is 15.1. The van der Waals surface area contributed by atoms with Crippen molar-refractivity contribution in [3.8, 4) is 10.4 Å². The van der Waals surface area contributed by atoms with Crippen LogP contribution >= 0.6 is 11.3 Å². The van der Waals surface area contributed by atoms with Gasteiger partial charge >= 0.3 is 0 Å². The molecule has 2 atom stereocenters. The number of piperidine rings is 1. The number of aliphatic hydroxyl groups excluding tert-OH is 1. The van der Waals surface area contributed by atoms with Crippen molar-refractivity contribution in [2.75, 3.05) is 26.3 Å². The van der Waals surface area contributed by atoms with Gasteiger partial charge in [-0.1, -0.05) is 30.3 Å². The average Bonchev–Trinajstić information content (AvgIpc) is 3.08. The summed E-state index contributed by atoms with van der Waals surface area (Å²) in [5.41, 5.74) is 1.23. The normalized spacial score (nSPS) is 20.8. The van der Waals surface area contributed by atoms with E-state index in [2.05, 4.69) is 34.5 Å². The summed E-state index contributed by atoms with van der Waals surface area (Å²) < 4.78 is 5.14. The van der Waals surface area contributed by atoms with Crippen LogP contribution in [0.3, 0.4) is 0 Å². The molecule has 5 nitrogen and oxygen atoms in total. The molecule has 2 heterocycles. The van der Waals surface area contributed by atoms with Crippen molar-refractivity contribution in [3.63, 3.8) is 0 Å². The van der Waals surface area contributed by atoms with Crippen LogP contribution in [-0.4, -0.2) is 54.4 Å². The zero-order chi connectivity index (χ0) is 18.4. The number of aliphatic hydroxyl groups is 1. The highest BCUT2D eigenvalue weighted by Gasteiger charge is 2.27. The molecule has 0 radical (unpaired) electrons. The Bertz CT molecular complexity index is 704. The minimum atomic E-state index is -0.422. The highest BCUT2D eigenvalue weighted by Crippen LogP contribution is 2.29. The Hall–Kier alpha value is -1.73. The number of hydrogen-bond donors (Lipinski definition) is 2. The Morgan fingerprint density at radius 1 is 1.27 bits per heavy atom. The molecule has 3 rings (SSSR count). The number of likely N-dealkylation sites (tertiary alicyclic amines) is 1. The number of thiophene rings is 1. The van der Waals surface area contributed by atoms with E-state index in [4.69, 9.17) is 4.74 Å². The molecule has 1 aliphatic rings. The summed E-state index contributed by atoms with van der Waals surface area (Å²) in [4.78, 5) is 16.6. The predicted octanol–water partition coefficient (Wildman–Crippen LogP) is 2.50. The first-order valence-electron chi connectivity index (χ1n) is 9.05. The van der Waals surface area contributed by atoms with Gasteiger partial charge in [-0.3, -0.25) is 9.69 Å². The van der Waals surface area contributed by atoms with E-state index in [1.165, 1.54) is 15.3 Å². The van der Waals surface area contributed by atoms with Gasteiger partial charge in [0.2, 0.25) is 5.91 Å². The van der Waals surface area contributed by atoms with E-state index in [1.807, 2.05) is 25.1 Å². The first-order chi connectivity index (χ1) is 12.6. The van der Waals surface area contributed by atoms with Crippen LogP contribution in [0.5, 0.6) is 0 Å². The van der Waals surface area contributed by atoms with Crippen molar-refractivity contribution < 1.29 is 14.6 Å². The lowest BCUT2D eigenvalue weighted by Crippen LogP contribution is -2.52. The van der Waals surface area contributed by atoms with Gasteiger partial charge in [-0.05, 0) is 31.0 Å². The predicted molar refractivity (Wildman–Crippen MR) is 104 cm³/mol. The maximum Gasteiger partial charge on any atom is 0.246 e. The van der Waals surface area contributed by atoms with Crippen LogP contribution in [0.25, 0.3) is 10.4 Å². The highest BCUT2D eigenvalue weighted by molar-refractivity contribution is 7.15. The average molecular weight is 375 g/mol. The van der Waals surface area contributed by atoms with Crippen molar-refractivity contribution in [3.05, 3.63) is 47.3 Å². The summed E-state index contributed by atoms with van der Waals surface area (Å²) in [7, 11) is 0. The Balaban J connectivity index is 1.57. The fourth-order valence-electron chi connectivity index (χ4n) is 3.30. The van der Waals surface area contributed by atoms with Gasteiger partial charge in [-0.2, -0.15) is 0 Å². The van der Waals surface area contributed by atoms with Gasteiger partial charge in [-0.25, -0.2) is 0 Å². The van der Waals surface area contributed by atoms with E-state index >= 15 is 0 Å². The fraction of sp³-hybridized carbons (Fsp3) is 0.450. The first-order valence-corrected chi connectivity index (χ1v) is 9.87. The molecule has 1 saturated heterocycles. The third kappa shape index (κ3) is 5.38. The summed E-state index contributed by atoms with van der Waals surface area (Å²) in [6.07, 6.45) is 0.170. The van der Waals surface area contributed by atoms with Crippen LogP contribution in [0, 0.1) is 0 Å². The molecule has 0 spiro atoms. The van der Waals surface area contributed by atoms with Gasteiger partial charge in [0, 0.05) is 42.0 Å². The molecular formula is C20H26N2O3S. The molecule has 1 amide bonds. The number of amides is 1. The van der Waals surface area contributed by atoms with Gasteiger partial charge in [0.25, 0.3) is 0 Å². The largest absolute Gasteiger partial charge is 0.392 e. The molecular weight excluding hydrogens is 348 g/mol. The standard InChI is InChI=1S/C20H26N2O3S/c1-2-25-14-20(24)21-16-10-17(23)12-22(11-16)13-18-8-9-19(26-18)15-6-4-3-5-7-15/h3-9,16-17,23H,2,10-14H2,1H3,(H,21,24)/t16-,17+/m0/s1. The molecule has 0 saturated carbocycles. The van der Waals surface area contributed by atoms with E-state index < -0.39 is 6.10 Å². The third-order valence-electron chi connectivity index (χ3n) is 4.41. The first kappa shape index (κ1) is 19.0. The van der Waals surface area contributed by atoms with Crippen molar-refractivity contribution in [1.82, 2.24) is 10.2 Å². The lowest BCUT2D eigenvalue weighted by Gasteiger charge is -2.35. The van der Waals surface area contributed by atoms with Gasteiger partial charge in [0.1, 0.15) is 6.61 Å². The molecule has 2 N–H and O–H groups in total. The van der Waals surface area contributed by atoms with Crippen LogP contribution in [-0.2, 0) is 16.1 Å². The van der Waals surface area contributed by atoms with E-state index in [1.54, 1.807) is 11.3 Å². The minimum Gasteiger partial charge on any atom is -0.392 e. The SMILES string of the molecule is CCOCC(=O)N[C@H]1C[C@@H](O)CN(Cc2ccc(-c3ccccc3)s2)C1. The second-order valence-corrected chi connectivity index (χ2v) is 7.79. The summed E-state index contributed by atoms with van der Waals surface area (Å²) in [6, 6.07) is 14.6. The van der Waals surface area contributed by atoms with Crippen molar-refractivity contribution in [2.24, 2.45) is 0 Å². The number of hydrogen-bond acceptors (Lipinski definition) is 5. The van der Waals surface area contributed by atoms with Crippen LogP contribution in [0.4, 0.5) is 0 Å². The Labute approximate surface area is 158 Å². The quantitative estimate of drug-likeness (QED) is 0.782. The molecule has 0 bridgehead atoms. The molecule has 0 aliphatic carbocycles. The Morgan fingerprint density at radius 2 is 2.08 bits per heavy atom. The van der Waals surface area contributed by atoms with E-state index in [0.717, 1.165) is 13.1 Å². The molecule has 1 aromatic heterocycles. The van der Waals surface area contributed by atoms with Crippen molar-refractivity contribution in [2.45, 2.75) is 32.0 Å². The number of benzene rings is 1.